The number of nitrogens with zero attached hydrogens (tertiary/aromatic N) is 17. The summed E-state index contributed by atoms with van der Waals surface area (Å²) in [7, 11) is 1.70. The van der Waals surface area contributed by atoms with Gasteiger partial charge in [0.25, 0.3) is 22.7 Å². The Morgan fingerprint density at radius 3 is 1.46 bits per heavy atom. The van der Waals surface area contributed by atoms with Gasteiger partial charge in [-0.05, 0) is 194 Å². The molecule has 0 unspecified atom stereocenters. The predicted molar refractivity (Wildman–Crippen MR) is 570 cm³/mol. The highest BCUT2D eigenvalue weighted by Crippen LogP contribution is 2.45. The number of nitrogens with one attached hydrogen (secondary N) is 6. The first-order chi connectivity index (χ1) is 72.3. The first kappa shape index (κ1) is 111. The van der Waals surface area contributed by atoms with Crippen LogP contribution in [-0.2, 0) is 65.0 Å². The number of imidazole rings is 2. The van der Waals surface area contributed by atoms with Crippen LogP contribution < -0.4 is 61.8 Å². The number of halogens is 1. The van der Waals surface area contributed by atoms with Gasteiger partial charge in [0.1, 0.15) is 62.8 Å². The Kier molecular flexibility index (Phi) is 39.1. The molecule has 0 saturated carbocycles. The number of anilines is 9. The van der Waals surface area contributed by atoms with Crippen molar-refractivity contribution in [1.29, 1.82) is 0 Å². The van der Waals surface area contributed by atoms with E-state index in [1.165, 1.54) is 67.6 Å². The number of methoxy groups -OCH3 is 1. The Balaban J connectivity index is 0.000000157. The van der Waals surface area contributed by atoms with Gasteiger partial charge < -0.3 is 96.4 Å². The van der Waals surface area contributed by atoms with Gasteiger partial charge in [-0.2, -0.15) is 0 Å². The number of aryl methyl sites for hydroxylation is 3. The molecule has 14 aromatic rings. The van der Waals surface area contributed by atoms with Crippen molar-refractivity contribution in [3.63, 3.8) is 0 Å². The number of benzene rings is 6. The zero-order valence-corrected chi connectivity index (χ0v) is 85.6. The number of aromatic nitrogens is 10. The minimum Gasteiger partial charge on any atom is -0.508 e. The lowest BCUT2D eigenvalue weighted by Crippen LogP contribution is -2.33. The summed E-state index contributed by atoms with van der Waals surface area (Å²) < 4.78 is 29.6. The second-order valence-corrected chi connectivity index (χ2v) is 33.8. The molecule has 0 radical (unpaired) electrons. The number of aliphatic hydroxyl groups is 1. The third-order valence-electron chi connectivity index (χ3n) is 23.2. The van der Waals surface area contributed by atoms with Gasteiger partial charge >= 0.3 is 24.3 Å². The average Bonchev–Trinajstić information content (AvgIpc) is 1.60. The monoisotopic (exact) mass is 2130 g/mol. The Hall–Kier alpha value is -17.8. The number of phenolic OH excluding ortho intramolecular Hbond substituents is 3. The van der Waals surface area contributed by atoms with Crippen molar-refractivity contribution >= 4 is 132 Å². The molecule has 0 bridgehead atoms. The molecule has 5 amide bonds. The fourth-order valence-corrected chi connectivity index (χ4v) is 17.0. The molecule has 0 aliphatic carbocycles. The largest absolute Gasteiger partial charge is 0.513 e. The molecule has 5 aliphatic heterocycles. The quantitative estimate of drug-likeness (QED) is 0.00707. The molecule has 47 heteroatoms. The lowest BCUT2D eigenvalue weighted by atomic mass is 10.1. The number of fused-ring (bicyclic) bond motifs is 14. The van der Waals surface area contributed by atoms with Crippen LogP contribution in [0.2, 0.25) is 0 Å². The molecule has 13 heterocycles. The Morgan fingerprint density at radius 1 is 0.500 bits per heavy atom. The SMILES string of the molecule is CCN1c2ncc(CCO)cc2-c2nc(C)cn2-c2cccnc21.CCN1c2ncc(CCOc3cccc4c3CNC(=O)N4)cc2-c2nc(C)cn2-c2cccnc21.CCN1c2ncccc2NC(=S)c2cc(CCOC)cnc21.CCOC(=O)NCc1c(OC(=O)OCC)cccc1[N+](=O)[O-].Cc1c(O)cccc1[N+](=O)[O-].Cc1cccc([N+](=O)[O-])c1CBr.NCc1c(O)cccc1[N+](=O)[O-].O=C1NCc2c(O)cccc2N1. The number of carbonyl (C=O) groups excluding carboxylic acids is 4. The lowest BCUT2D eigenvalue weighted by molar-refractivity contribution is -0.385. The van der Waals surface area contributed by atoms with E-state index in [-0.39, 0.29) is 107 Å². The maximum absolute atomic E-state index is 11.6. The van der Waals surface area contributed by atoms with Crippen LogP contribution in [0.15, 0.2) is 213 Å². The first-order valence-corrected chi connectivity index (χ1v) is 48.6. The van der Waals surface area contributed by atoms with Gasteiger partial charge in [0.05, 0.1) is 139 Å². The number of alkyl halides is 1. The highest BCUT2D eigenvalue weighted by atomic mass is 79.9. The van der Waals surface area contributed by atoms with Crippen molar-refractivity contribution < 1.29 is 83.0 Å². The van der Waals surface area contributed by atoms with E-state index in [2.05, 4.69) is 157 Å². The number of phenols is 3. The van der Waals surface area contributed by atoms with Gasteiger partial charge in [-0.15, -0.1) is 0 Å². The number of hydrogen-bond donors (Lipinski definition) is 11. The summed E-state index contributed by atoms with van der Waals surface area (Å²) in [6, 6.07) is 45.9. The number of thiocarbonyl (C=S) groups is 1. The van der Waals surface area contributed by atoms with Gasteiger partial charge in [0, 0.05) is 142 Å². The average molecular weight is 2130 g/mol. The highest BCUT2D eigenvalue weighted by molar-refractivity contribution is 9.08. The second-order valence-electron chi connectivity index (χ2n) is 32.8. The Labute approximate surface area is 873 Å². The van der Waals surface area contributed by atoms with E-state index >= 15 is 0 Å². The predicted octanol–water partition coefficient (Wildman–Crippen LogP) is 18.5. The first-order valence-electron chi connectivity index (χ1n) is 47.0. The molecule has 8 aromatic heterocycles. The molecule has 6 aromatic carbocycles. The molecule has 12 N–H and O–H groups in total. The number of carbonyl (C=O) groups is 4. The molecule has 0 saturated heterocycles. The van der Waals surface area contributed by atoms with Gasteiger partial charge in [0.2, 0.25) is 0 Å². The number of hydrogen-bond acceptors (Lipinski definition) is 34. The zero-order valence-electron chi connectivity index (χ0n) is 83.2. The van der Waals surface area contributed by atoms with Crippen LogP contribution in [0.1, 0.15) is 107 Å². The smallest absolute Gasteiger partial charge is 0.508 e. The summed E-state index contributed by atoms with van der Waals surface area (Å²) in [4.78, 5) is 130. The summed E-state index contributed by atoms with van der Waals surface area (Å²) in [5.41, 5.74) is 21.1. The van der Waals surface area contributed by atoms with E-state index in [1.54, 1.807) is 57.6 Å². The van der Waals surface area contributed by atoms with Crippen molar-refractivity contribution in [2.45, 2.75) is 113 Å². The summed E-state index contributed by atoms with van der Waals surface area (Å²) in [5, 5.41) is 95.9. The Bertz CT molecular complexity index is 7220. The zero-order chi connectivity index (χ0) is 108. The summed E-state index contributed by atoms with van der Waals surface area (Å²) in [5.74, 6) is 7.59. The van der Waals surface area contributed by atoms with E-state index in [0.29, 0.717) is 60.7 Å². The minimum atomic E-state index is -0.986. The number of ether oxygens (including phenoxy) is 5. The van der Waals surface area contributed by atoms with Crippen LogP contribution in [0.4, 0.5) is 93.9 Å². The van der Waals surface area contributed by atoms with Crippen LogP contribution in [0.25, 0.3) is 34.2 Å². The van der Waals surface area contributed by atoms with E-state index in [4.69, 9.17) is 57.3 Å². The van der Waals surface area contributed by atoms with Crippen LogP contribution in [-0.4, -0.2) is 178 Å². The lowest BCUT2D eigenvalue weighted by Gasteiger charge is -2.23. The van der Waals surface area contributed by atoms with Crippen LogP contribution in [0, 0.1) is 68.2 Å². The maximum atomic E-state index is 11.6. The number of aliphatic hydroxyl groups excluding tert-OH is 1. The topological polar surface area (TPSA) is 589 Å². The van der Waals surface area contributed by atoms with Crippen molar-refractivity contribution in [2.24, 2.45) is 5.73 Å². The van der Waals surface area contributed by atoms with Crippen molar-refractivity contribution in [1.82, 2.24) is 65.0 Å². The number of pyridine rings is 6. The summed E-state index contributed by atoms with van der Waals surface area (Å²) >= 11 is 8.78. The molecule has 45 nitrogen and oxygen atoms in total. The van der Waals surface area contributed by atoms with E-state index < -0.39 is 27.0 Å². The molecule has 0 spiro atoms. The van der Waals surface area contributed by atoms with Gasteiger partial charge in [-0.25, -0.2) is 59.0 Å². The van der Waals surface area contributed by atoms with E-state index in [1.807, 2.05) is 106 Å². The van der Waals surface area contributed by atoms with Gasteiger partial charge in [-0.1, -0.05) is 70.6 Å². The van der Waals surface area contributed by atoms with Crippen LogP contribution >= 0.6 is 28.1 Å². The molecule has 0 fully saturated rings. The number of alkyl carbamates (subject to hydrolysis) is 1. The van der Waals surface area contributed by atoms with Crippen molar-refractivity contribution in [3.8, 4) is 62.9 Å². The van der Waals surface area contributed by atoms with E-state index in [9.17, 15) is 69.8 Å². The van der Waals surface area contributed by atoms with Crippen LogP contribution in [0.3, 0.4) is 0 Å². The van der Waals surface area contributed by atoms with Crippen molar-refractivity contribution in [2.75, 3.05) is 90.4 Å². The van der Waals surface area contributed by atoms with Gasteiger partial charge in [-0.3, -0.25) is 49.6 Å². The summed E-state index contributed by atoms with van der Waals surface area (Å²) in [6.45, 7) is 21.2. The number of nitro benzene ring substituents is 4. The Morgan fingerprint density at radius 2 is 0.947 bits per heavy atom. The fourth-order valence-electron chi connectivity index (χ4n) is 16.0. The normalized spacial score (nSPS) is 11.9. The number of aromatic hydroxyl groups is 3. The molecular formula is C103H109BrN24O21S. The standard InChI is InChI=1S/C26H25N7O2.C18H19N5O.C16H18N4OS.C13H16N2O7.C8H8BrNO2.C8H8N2O2.C7H8N2O3.C7H7NO3/c1-3-32-23-18(24-30-16(2)15-33(24)21-7-5-10-27-25(21)32)12-17(13-28-23)9-11-35-22-8-4-6-20-19(22)14-29-26(34)31-20;1-3-22-16-14(9-13(6-8-24)10-20-16)17-21-12(2)11-23(17)15-5-4-7-19-18(15)22;1-3-20-14-12(9-11(10-18-14)6-8-21-2)16(22)19-13-5-4-7-17-15(13)20;1-3-20-12(16)14-8-9-10(15(18)19)6-5-7-11(9)22-13(17)21-4-2;1-6-3-2-4-8(10(11)12)7(6)5-9;11-7-3-1-2-6-5(7)4-9-8(12)10-6;8-4-5-6(9(11)12)2-1-3-7(5)10;1-5-6(8(10)11)3-2-4-7(5)9/h4-8,10,12-13,15H,3,9,11,14H2,1-2H3,(H2,29,31,34);4-5,7,9-11,24H,3,6,8H2,1-2H3;4-5,7,9-10H,3,6,8H2,1-2H3,(H,19,22);5-7H,3-4,8H2,1-2H3,(H,14,16);2-4H,5H2,1H3;1-3,11H,4H2,(H2,9,10,12);1-3,10H,4,8H2;2-4,9H,1H3. The summed E-state index contributed by atoms with van der Waals surface area (Å²) in [6.07, 6.45) is 15.4. The minimum absolute atomic E-state index is 0.0357. The third-order valence-corrected chi connectivity index (χ3v) is 24.0. The fraction of sp³-hybridized carbons (Fsp3) is 0.252. The molecular weight excluding hydrogens is 2020 g/mol. The second kappa shape index (κ2) is 52.8. The number of rotatable bonds is 23. The number of amides is 5. The number of nitrogens with two attached hydrogens (primary N) is 1. The molecule has 5 aliphatic rings. The van der Waals surface area contributed by atoms with Gasteiger partial charge in [0.15, 0.2) is 17.5 Å². The number of nitro groups is 4. The third kappa shape index (κ3) is 27.3. The maximum Gasteiger partial charge on any atom is 0.513 e. The molecule has 0 atom stereocenters. The van der Waals surface area contributed by atoms with Crippen molar-refractivity contribution in [3.05, 3.63) is 326 Å². The van der Waals surface area contributed by atoms with E-state index in [0.717, 1.165) is 168 Å². The number of urea groups is 2. The molecule has 19 rings (SSSR count). The molecule has 150 heavy (non-hydrogen) atoms. The molecule has 780 valence electrons. The highest BCUT2D eigenvalue weighted by Gasteiger charge is 2.33. The van der Waals surface area contributed by atoms with Crippen LogP contribution in [0.5, 0.6) is 28.7 Å².